The van der Waals surface area contributed by atoms with E-state index in [-0.39, 0.29) is 34.6 Å². The number of hydrogen-bond donors (Lipinski definition) is 0. The summed E-state index contributed by atoms with van der Waals surface area (Å²) < 4.78 is 62.2. The molecule has 0 radical (unpaired) electrons. The third-order valence-corrected chi connectivity index (χ3v) is 5.29. The van der Waals surface area contributed by atoms with Crippen molar-refractivity contribution in [3.8, 4) is 17.2 Å². The molecule has 0 atom stereocenters. The number of esters is 2. The van der Waals surface area contributed by atoms with E-state index in [0.29, 0.717) is 6.42 Å². The molecule has 196 valence electrons. The number of fused-ring (bicyclic) bond motifs is 1. The molecule has 0 aliphatic heterocycles. The molecule has 0 N–H and O–H groups in total. The van der Waals surface area contributed by atoms with Gasteiger partial charge in [0.15, 0.2) is 0 Å². The summed E-state index contributed by atoms with van der Waals surface area (Å²) in [4.78, 5) is 37.4. The minimum atomic E-state index is -5.08. The van der Waals surface area contributed by atoms with Crippen molar-refractivity contribution in [3.63, 3.8) is 0 Å². The van der Waals surface area contributed by atoms with Crippen molar-refractivity contribution in [2.24, 2.45) is 0 Å². The van der Waals surface area contributed by atoms with Crippen molar-refractivity contribution in [1.29, 1.82) is 0 Å². The molecule has 0 saturated carbocycles. The zero-order chi connectivity index (χ0) is 27.4. The van der Waals surface area contributed by atoms with E-state index in [1.54, 1.807) is 25.1 Å². The van der Waals surface area contributed by atoms with Crippen LogP contribution in [0.2, 0.25) is 0 Å². The molecule has 38 heavy (non-hydrogen) atoms. The Bertz CT molecular complexity index is 1550. The first-order chi connectivity index (χ1) is 18.1. The Morgan fingerprint density at radius 3 is 2.26 bits per heavy atom. The minimum Gasteiger partial charge on any atom is -0.462 e. The predicted octanol–water partition coefficient (Wildman–Crippen LogP) is 6.70. The van der Waals surface area contributed by atoms with Crippen molar-refractivity contribution < 1.29 is 41.4 Å². The molecule has 0 saturated heterocycles. The van der Waals surface area contributed by atoms with E-state index in [4.69, 9.17) is 18.6 Å². The molecule has 0 amide bonds. The zero-order valence-electron chi connectivity index (χ0n) is 20.3. The highest BCUT2D eigenvalue weighted by Crippen LogP contribution is 2.38. The molecule has 4 aromatic rings. The first kappa shape index (κ1) is 26.5. The van der Waals surface area contributed by atoms with Crippen molar-refractivity contribution in [3.05, 3.63) is 99.4 Å². The van der Waals surface area contributed by atoms with Crippen molar-refractivity contribution in [2.75, 3.05) is 6.61 Å². The van der Waals surface area contributed by atoms with Gasteiger partial charge in [0.2, 0.25) is 11.2 Å². The fourth-order valence-corrected chi connectivity index (χ4v) is 3.49. The summed E-state index contributed by atoms with van der Waals surface area (Å²) in [5.74, 6) is -4.30. The number of hydrogen-bond acceptors (Lipinski definition) is 7. The van der Waals surface area contributed by atoms with E-state index in [1.165, 1.54) is 42.5 Å². The van der Waals surface area contributed by atoms with E-state index >= 15 is 0 Å². The normalized spacial score (nSPS) is 11.3. The highest BCUT2D eigenvalue weighted by atomic mass is 19.4. The Morgan fingerprint density at radius 1 is 0.895 bits per heavy atom. The third kappa shape index (κ3) is 5.86. The number of aryl methyl sites for hydroxylation is 1. The van der Waals surface area contributed by atoms with E-state index in [9.17, 15) is 27.6 Å². The van der Waals surface area contributed by atoms with Gasteiger partial charge in [-0.15, -0.1) is 0 Å². The molecule has 0 spiro atoms. The van der Waals surface area contributed by atoms with Crippen molar-refractivity contribution in [2.45, 2.75) is 26.4 Å². The van der Waals surface area contributed by atoms with Crippen LogP contribution in [0.4, 0.5) is 13.2 Å². The zero-order valence-corrected chi connectivity index (χ0v) is 20.3. The van der Waals surface area contributed by atoms with Gasteiger partial charge in [0.05, 0.1) is 23.1 Å². The van der Waals surface area contributed by atoms with Crippen molar-refractivity contribution in [1.82, 2.24) is 0 Å². The molecule has 7 nitrogen and oxygen atoms in total. The van der Waals surface area contributed by atoms with E-state index in [0.717, 1.165) is 11.6 Å². The number of carbonyl (C=O) groups excluding carboxylic acids is 2. The van der Waals surface area contributed by atoms with E-state index < -0.39 is 40.6 Å². The predicted molar refractivity (Wildman–Crippen MR) is 131 cm³/mol. The van der Waals surface area contributed by atoms with Crippen LogP contribution in [-0.4, -0.2) is 18.5 Å². The van der Waals surface area contributed by atoms with Crippen LogP contribution in [0.3, 0.4) is 0 Å². The maximum atomic E-state index is 13.9. The number of carbonyl (C=O) groups is 2. The number of ether oxygens (including phenoxy) is 3. The van der Waals surface area contributed by atoms with Crippen LogP contribution in [0, 0.1) is 6.92 Å². The lowest BCUT2D eigenvalue weighted by molar-refractivity contribution is -0.154. The molecule has 0 bridgehead atoms. The van der Waals surface area contributed by atoms with Crippen LogP contribution >= 0.6 is 0 Å². The van der Waals surface area contributed by atoms with Gasteiger partial charge in [-0.1, -0.05) is 24.6 Å². The van der Waals surface area contributed by atoms with Crippen molar-refractivity contribution >= 4 is 22.9 Å². The molecule has 0 aliphatic rings. The average molecular weight is 526 g/mol. The Morgan fingerprint density at radius 2 is 1.61 bits per heavy atom. The van der Waals surface area contributed by atoms with Crippen LogP contribution in [0.25, 0.3) is 11.0 Å². The van der Waals surface area contributed by atoms with Crippen LogP contribution in [0.5, 0.6) is 17.2 Å². The summed E-state index contributed by atoms with van der Waals surface area (Å²) in [6.45, 7) is 3.84. The Balaban J connectivity index is 1.66. The maximum Gasteiger partial charge on any atom is 0.453 e. The molecule has 0 unspecified atom stereocenters. The fourth-order valence-electron chi connectivity index (χ4n) is 3.49. The summed E-state index contributed by atoms with van der Waals surface area (Å²) in [6.07, 6.45) is -4.46. The summed E-state index contributed by atoms with van der Waals surface area (Å²) in [6, 6.07) is 15.1. The van der Waals surface area contributed by atoms with Gasteiger partial charge in [-0.3, -0.25) is 4.79 Å². The van der Waals surface area contributed by atoms with Gasteiger partial charge in [-0.2, -0.15) is 13.2 Å². The SMILES string of the molecule is CCCOC(=O)c1ccc(Oc2c(C(F)(F)F)oc3cc(OC(=O)c4cccc(C)c4)ccc3c2=O)cc1. The molecule has 1 aromatic heterocycles. The van der Waals surface area contributed by atoms with E-state index in [2.05, 4.69) is 0 Å². The first-order valence-electron chi connectivity index (χ1n) is 11.5. The smallest absolute Gasteiger partial charge is 0.453 e. The summed E-state index contributed by atoms with van der Waals surface area (Å²) in [7, 11) is 0. The number of alkyl halides is 3. The summed E-state index contributed by atoms with van der Waals surface area (Å²) in [5, 5.41) is -0.219. The Labute approximate surface area is 214 Å². The van der Waals surface area contributed by atoms with Crippen LogP contribution in [0.1, 0.15) is 45.4 Å². The van der Waals surface area contributed by atoms with Gasteiger partial charge in [0.25, 0.3) is 5.76 Å². The lowest BCUT2D eigenvalue weighted by Gasteiger charge is -2.14. The molecule has 0 aliphatic carbocycles. The molecule has 1 heterocycles. The number of rotatable bonds is 7. The number of benzene rings is 3. The second kappa shape index (κ2) is 10.8. The van der Waals surface area contributed by atoms with E-state index in [1.807, 2.05) is 6.92 Å². The molecule has 0 fully saturated rings. The molecular formula is C28H21F3O7. The number of halogens is 3. The molecule has 10 heteroatoms. The van der Waals surface area contributed by atoms with Gasteiger partial charge in [-0.05, 0) is 61.9 Å². The van der Waals surface area contributed by atoms with Gasteiger partial charge in [0, 0.05) is 6.07 Å². The maximum absolute atomic E-state index is 13.9. The monoisotopic (exact) mass is 526 g/mol. The van der Waals surface area contributed by atoms with Gasteiger partial charge in [-0.25, -0.2) is 9.59 Å². The minimum absolute atomic E-state index is 0.112. The second-order valence-electron chi connectivity index (χ2n) is 8.27. The fraction of sp³-hybridized carbons (Fsp3) is 0.179. The summed E-state index contributed by atoms with van der Waals surface area (Å²) in [5.41, 5.74) is -0.298. The van der Waals surface area contributed by atoms with Crippen LogP contribution in [0.15, 0.2) is 75.9 Å². The lowest BCUT2D eigenvalue weighted by Crippen LogP contribution is -2.16. The van der Waals surface area contributed by atoms with Crippen LogP contribution < -0.4 is 14.9 Å². The van der Waals surface area contributed by atoms with Crippen LogP contribution in [-0.2, 0) is 10.9 Å². The third-order valence-electron chi connectivity index (χ3n) is 5.29. The topological polar surface area (TPSA) is 92.0 Å². The molecule has 4 rings (SSSR count). The standard InChI is InChI=1S/C28H21F3O7/c1-3-13-35-26(33)17-7-9-19(10-8-17)36-24-23(32)21-12-11-20(15-22(21)38-25(24)28(29,30)31)37-27(34)18-6-4-5-16(2)14-18/h4-12,14-15H,3,13H2,1-2H3. The quantitative estimate of drug-likeness (QED) is 0.195. The Hall–Kier alpha value is -4.60. The molecular weight excluding hydrogens is 505 g/mol. The van der Waals surface area contributed by atoms with Gasteiger partial charge >= 0.3 is 18.1 Å². The second-order valence-corrected chi connectivity index (χ2v) is 8.27. The van der Waals surface area contributed by atoms with Gasteiger partial charge in [0.1, 0.15) is 17.1 Å². The first-order valence-corrected chi connectivity index (χ1v) is 11.5. The lowest BCUT2D eigenvalue weighted by atomic mass is 10.1. The highest BCUT2D eigenvalue weighted by Gasteiger charge is 2.40. The Kier molecular flexibility index (Phi) is 7.52. The largest absolute Gasteiger partial charge is 0.462 e. The van der Waals surface area contributed by atoms with Gasteiger partial charge < -0.3 is 18.6 Å². The highest BCUT2D eigenvalue weighted by molar-refractivity contribution is 5.92. The summed E-state index contributed by atoms with van der Waals surface area (Å²) >= 11 is 0. The average Bonchev–Trinajstić information content (AvgIpc) is 2.88. The molecule has 3 aromatic carbocycles.